The first-order chi connectivity index (χ1) is 8.99. The van der Waals surface area contributed by atoms with Crippen LogP contribution in [-0.2, 0) is 0 Å². The number of carboxylic acids is 1. The molecule has 0 spiro atoms. The minimum Gasteiger partial charge on any atom is -0.478 e. The van der Waals surface area contributed by atoms with Crippen molar-refractivity contribution in [1.82, 2.24) is 0 Å². The molecular formula is C14H10Br2O3. The summed E-state index contributed by atoms with van der Waals surface area (Å²) in [7, 11) is 0. The molecule has 0 radical (unpaired) electrons. The van der Waals surface area contributed by atoms with Gasteiger partial charge in [0.05, 0.1) is 0 Å². The number of hydrogen-bond donors (Lipinski definition) is 1. The molecule has 5 heteroatoms. The van der Waals surface area contributed by atoms with E-state index in [2.05, 4.69) is 31.9 Å². The van der Waals surface area contributed by atoms with Gasteiger partial charge in [0.15, 0.2) is 0 Å². The van der Waals surface area contributed by atoms with Gasteiger partial charge < -0.3 is 9.84 Å². The van der Waals surface area contributed by atoms with Gasteiger partial charge in [-0.1, -0.05) is 28.1 Å². The first-order valence-electron chi connectivity index (χ1n) is 5.45. The van der Waals surface area contributed by atoms with Crippen LogP contribution in [0.4, 0.5) is 0 Å². The van der Waals surface area contributed by atoms with Crippen molar-refractivity contribution in [2.45, 2.75) is 6.92 Å². The predicted molar refractivity (Wildman–Crippen MR) is 80.1 cm³/mol. The van der Waals surface area contributed by atoms with Crippen LogP contribution in [0.2, 0.25) is 0 Å². The van der Waals surface area contributed by atoms with Crippen molar-refractivity contribution in [2.75, 3.05) is 0 Å². The molecule has 3 nitrogen and oxygen atoms in total. The van der Waals surface area contributed by atoms with Crippen LogP contribution >= 0.6 is 31.9 Å². The molecule has 0 saturated heterocycles. The third kappa shape index (κ3) is 3.16. The lowest BCUT2D eigenvalue weighted by Gasteiger charge is -2.12. The third-order valence-corrected chi connectivity index (χ3v) is 3.71. The molecule has 0 aromatic heterocycles. The average molecular weight is 386 g/mol. The summed E-state index contributed by atoms with van der Waals surface area (Å²) in [6, 6.07) is 10.7. The number of aromatic carboxylic acids is 1. The van der Waals surface area contributed by atoms with Gasteiger partial charge >= 0.3 is 5.97 Å². The second-order valence-corrected chi connectivity index (χ2v) is 5.70. The molecule has 19 heavy (non-hydrogen) atoms. The summed E-state index contributed by atoms with van der Waals surface area (Å²) in [5, 5.41) is 9.23. The smallest absolute Gasteiger partial charge is 0.340 e. The van der Waals surface area contributed by atoms with E-state index in [0.29, 0.717) is 16.0 Å². The Morgan fingerprint density at radius 2 is 1.89 bits per heavy atom. The molecule has 2 aromatic rings. The summed E-state index contributed by atoms with van der Waals surface area (Å²) in [4.78, 5) is 11.3. The normalized spacial score (nSPS) is 10.3. The Morgan fingerprint density at radius 3 is 2.58 bits per heavy atom. The maximum atomic E-state index is 11.3. The highest BCUT2D eigenvalue weighted by molar-refractivity contribution is 9.10. The maximum absolute atomic E-state index is 11.3. The number of carbonyl (C=O) groups is 1. The van der Waals surface area contributed by atoms with Gasteiger partial charge in [0.25, 0.3) is 0 Å². The van der Waals surface area contributed by atoms with E-state index >= 15 is 0 Å². The van der Waals surface area contributed by atoms with Gasteiger partial charge in [0.2, 0.25) is 0 Å². The van der Waals surface area contributed by atoms with E-state index in [9.17, 15) is 9.90 Å². The van der Waals surface area contributed by atoms with Crippen LogP contribution < -0.4 is 4.74 Å². The predicted octanol–water partition coefficient (Wildman–Crippen LogP) is 5.01. The number of rotatable bonds is 3. The van der Waals surface area contributed by atoms with Crippen LogP contribution in [0.25, 0.3) is 0 Å². The van der Waals surface area contributed by atoms with Crippen LogP contribution in [0.3, 0.4) is 0 Å². The van der Waals surface area contributed by atoms with E-state index in [1.165, 1.54) is 0 Å². The van der Waals surface area contributed by atoms with Crippen molar-refractivity contribution in [3.63, 3.8) is 0 Å². The molecule has 2 rings (SSSR count). The zero-order valence-corrected chi connectivity index (χ0v) is 13.2. The number of benzene rings is 2. The molecule has 0 heterocycles. The van der Waals surface area contributed by atoms with E-state index in [1.807, 2.05) is 25.1 Å². The van der Waals surface area contributed by atoms with E-state index in [-0.39, 0.29) is 5.56 Å². The second-order valence-electron chi connectivity index (χ2n) is 3.93. The molecule has 0 saturated carbocycles. The summed E-state index contributed by atoms with van der Waals surface area (Å²) in [6.45, 7) is 1.90. The van der Waals surface area contributed by atoms with Crippen LogP contribution in [0, 0.1) is 6.92 Å². The molecule has 0 amide bonds. The van der Waals surface area contributed by atoms with Gasteiger partial charge in [-0.2, -0.15) is 0 Å². The lowest BCUT2D eigenvalue weighted by molar-refractivity contribution is 0.0693. The Hall–Kier alpha value is -1.33. The Balaban J connectivity index is 2.46. The topological polar surface area (TPSA) is 46.5 Å². The standard InChI is InChI=1S/C14H10Br2O3/c1-8-5-6-9(15)7-12(8)19-11-4-2-3-10(16)13(11)14(17)18/h2-7H,1H3,(H,17,18). The van der Waals surface area contributed by atoms with E-state index < -0.39 is 5.97 Å². The minimum atomic E-state index is -1.03. The van der Waals surface area contributed by atoms with Gasteiger partial charge in [-0.05, 0) is 52.7 Å². The Labute approximate surface area is 127 Å². The maximum Gasteiger partial charge on any atom is 0.340 e. The van der Waals surface area contributed by atoms with Crippen LogP contribution in [0.5, 0.6) is 11.5 Å². The molecule has 0 atom stereocenters. The number of ether oxygens (including phenoxy) is 1. The zero-order chi connectivity index (χ0) is 14.0. The number of aryl methyl sites for hydroxylation is 1. The van der Waals surface area contributed by atoms with Crippen LogP contribution in [-0.4, -0.2) is 11.1 Å². The van der Waals surface area contributed by atoms with Crippen molar-refractivity contribution in [3.8, 4) is 11.5 Å². The van der Waals surface area contributed by atoms with Gasteiger partial charge in [0.1, 0.15) is 17.1 Å². The molecule has 0 unspecified atom stereocenters. The van der Waals surface area contributed by atoms with Crippen molar-refractivity contribution >= 4 is 37.8 Å². The molecule has 1 N–H and O–H groups in total. The minimum absolute atomic E-state index is 0.113. The summed E-state index contributed by atoms with van der Waals surface area (Å²) in [5.41, 5.74) is 1.04. The Morgan fingerprint density at radius 1 is 1.16 bits per heavy atom. The summed E-state index contributed by atoms with van der Waals surface area (Å²) in [5.74, 6) is -0.104. The van der Waals surface area contributed by atoms with E-state index in [0.717, 1.165) is 10.0 Å². The quantitative estimate of drug-likeness (QED) is 0.807. The number of hydrogen-bond acceptors (Lipinski definition) is 2. The zero-order valence-electron chi connectivity index (χ0n) is 9.98. The highest BCUT2D eigenvalue weighted by Crippen LogP contribution is 2.33. The monoisotopic (exact) mass is 384 g/mol. The molecule has 0 fully saturated rings. The van der Waals surface area contributed by atoms with Gasteiger partial charge in [-0.25, -0.2) is 4.79 Å². The lowest BCUT2D eigenvalue weighted by Crippen LogP contribution is -2.01. The average Bonchev–Trinajstić information content (AvgIpc) is 2.33. The Kier molecular flexibility index (Phi) is 4.27. The van der Waals surface area contributed by atoms with Crippen LogP contribution in [0.1, 0.15) is 15.9 Å². The van der Waals surface area contributed by atoms with Gasteiger partial charge in [-0.3, -0.25) is 0 Å². The highest BCUT2D eigenvalue weighted by atomic mass is 79.9. The third-order valence-electron chi connectivity index (χ3n) is 2.56. The SMILES string of the molecule is Cc1ccc(Br)cc1Oc1cccc(Br)c1C(=O)O. The molecule has 0 aliphatic rings. The molecule has 0 aliphatic carbocycles. The fourth-order valence-electron chi connectivity index (χ4n) is 1.60. The summed E-state index contributed by atoms with van der Waals surface area (Å²) in [6.07, 6.45) is 0. The van der Waals surface area contributed by atoms with Gasteiger partial charge in [0, 0.05) is 8.95 Å². The number of carboxylic acid groups (broad SMARTS) is 1. The summed E-state index contributed by atoms with van der Waals surface area (Å²) >= 11 is 6.59. The molecule has 98 valence electrons. The molecule has 0 bridgehead atoms. The number of halogens is 2. The fourth-order valence-corrected chi connectivity index (χ4v) is 2.46. The Bertz CT molecular complexity index is 639. The van der Waals surface area contributed by atoms with E-state index in [4.69, 9.17) is 4.74 Å². The molecular weight excluding hydrogens is 376 g/mol. The first-order valence-corrected chi connectivity index (χ1v) is 7.03. The fraction of sp³-hybridized carbons (Fsp3) is 0.0714. The second kappa shape index (κ2) is 5.75. The molecule has 2 aromatic carbocycles. The van der Waals surface area contributed by atoms with Gasteiger partial charge in [-0.15, -0.1) is 0 Å². The molecule has 0 aliphatic heterocycles. The lowest BCUT2D eigenvalue weighted by atomic mass is 10.2. The van der Waals surface area contributed by atoms with Crippen molar-refractivity contribution in [2.24, 2.45) is 0 Å². The van der Waals surface area contributed by atoms with Crippen molar-refractivity contribution in [3.05, 3.63) is 56.5 Å². The largest absolute Gasteiger partial charge is 0.478 e. The first kappa shape index (κ1) is 14.1. The highest BCUT2D eigenvalue weighted by Gasteiger charge is 2.16. The van der Waals surface area contributed by atoms with Crippen molar-refractivity contribution in [1.29, 1.82) is 0 Å². The van der Waals surface area contributed by atoms with E-state index in [1.54, 1.807) is 18.2 Å². The van der Waals surface area contributed by atoms with Crippen LogP contribution in [0.15, 0.2) is 45.3 Å². The van der Waals surface area contributed by atoms with Crippen molar-refractivity contribution < 1.29 is 14.6 Å². The summed E-state index contributed by atoms with van der Waals surface area (Å²) < 4.78 is 7.09.